The smallest absolute Gasteiger partial charge is 0.303 e. The van der Waals surface area contributed by atoms with Gasteiger partial charge in [-0.25, -0.2) is 4.98 Å². The van der Waals surface area contributed by atoms with Gasteiger partial charge in [-0.2, -0.15) is 0 Å². The van der Waals surface area contributed by atoms with E-state index in [4.69, 9.17) is 4.74 Å². The molecule has 0 saturated carbocycles. The highest BCUT2D eigenvalue weighted by atomic mass is 32.1. The van der Waals surface area contributed by atoms with Gasteiger partial charge in [0, 0.05) is 37.3 Å². The van der Waals surface area contributed by atoms with E-state index >= 15 is 0 Å². The van der Waals surface area contributed by atoms with Crippen molar-refractivity contribution in [2.45, 2.75) is 25.9 Å². The summed E-state index contributed by atoms with van der Waals surface area (Å²) in [6.45, 7) is 4.75. The molecule has 3 fully saturated rings. The van der Waals surface area contributed by atoms with Gasteiger partial charge in [-0.1, -0.05) is 0 Å². The highest BCUT2D eigenvalue weighted by molar-refractivity contribution is 7.11. The number of hydrogen-bond donors (Lipinski definition) is 0. The summed E-state index contributed by atoms with van der Waals surface area (Å²) in [4.78, 5) is 27.6. The van der Waals surface area contributed by atoms with Gasteiger partial charge in [-0.15, -0.1) is 11.3 Å². The quantitative estimate of drug-likeness (QED) is 0.480. The molecule has 0 unspecified atom stereocenters. The van der Waals surface area contributed by atoms with Crippen molar-refractivity contribution in [3.05, 3.63) is 16.6 Å². The van der Waals surface area contributed by atoms with E-state index in [2.05, 4.69) is 4.98 Å². The van der Waals surface area contributed by atoms with E-state index in [0.717, 1.165) is 37.0 Å². The van der Waals surface area contributed by atoms with Crippen LogP contribution in [0.4, 0.5) is 0 Å². The van der Waals surface area contributed by atoms with Crippen molar-refractivity contribution < 1.29 is 18.8 Å². The molecule has 0 aliphatic carbocycles. The van der Waals surface area contributed by atoms with E-state index in [0.29, 0.717) is 17.5 Å². The molecule has 108 valence electrons. The summed E-state index contributed by atoms with van der Waals surface area (Å²) in [5, 5.41) is 2.42. The summed E-state index contributed by atoms with van der Waals surface area (Å²) in [5.74, 6) is 0.379. The average Bonchev–Trinajstić information content (AvgIpc) is 2.92. The SMILES string of the molecule is CC(=O)O[C@H]1C[N+]2(CC(=O)c3nccs3)CCC1CC2. The standard InChI is InChI=1S/C14H19N2O3S/c1-10(17)19-13-9-16(5-2-11(13)3-6-16)8-12(18)14-15-4-7-20-14/h4,7,11,13H,2-3,5-6,8-9H2,1H3/q+1/t11?,13-,16?/m0/s1. The maximum absolute atomic E-state index is 12.3. The molecule has 20 heavy (non-hydrogen) atoms. The number of aromatic nitrogens is 1. The number of hydrogen-bond acceptors (Lipinski definition) is 5. The van der Waals surface area contributed by atoms with Gasteiger partial charge in [0.05, 0.1) is 13.1 Å². The summed E-state index contributed by atoms with van der Waals surface area (Å²) in [7, 11) is 0. The molecular weight excluding hydrogens is 276 g/mol. The normalized spacial score (nSPS) is 32.0. The highest BCUT2D eigenvalue weighted by Crippen LogP contribution is 2.35. The number of ketones is 1. The van der Waals surface area contributed by atoms with E-state index in [1.54, 1.807) is 6.20 Å². The summed E-state index contributed by atoms with van der Waals surface area (Å²) in [5.41, 5.74) is 0. The van der Waals surface area contributed by atoms with Crippen LogP contribution in [0, 0.1) is 5.92 Å². The minimum atomic E-state index is -0.215. The first-order valence-electron chi connectivity index (χ1n) is 7.03. The van der Waals surface area contributed by atoms with Crippen LogP contribution in [0.5, 0.6) is 0 Å². The molecule has 1 aromatic heterocycles. The Morgan fingerprint density at radius 2 is 2.20 bits per heavy atom. The van der Waals surface area contributed by atoms with Gasteiger partial charge in [0.15, 0.2) is 11.1 Å². The Morgan fingerprint density at radius 3 is 2.80 bits per heavy atom. The molecule has 3 aliphatic heterocycles. The highest BCUT2D eigenvalue weighted by Gasteiger charge is 2.48. The van der Waals surface area contributed by atoms with E-state index in [1.807, 2.05) is 5.38 Å². The van der Waals surface area contributed by atoms with Crippen molar-refractivity contribution in [1.29, 1.82) is 0 Å². The van der Waals surface area contributed by atoms with Crippen LogP contribution in [0.3, 0.4) is 0 Å². The fourth-order valence-corrected chi connectivity index (χ4v) is 4.09. The lowest BCUT2D eigenvalue weighted by molar-refractivity contribution is -0.938. The third kappa shape index (κ3) is 2.62. The third-order valence-electron chi connectivity index (χ3n) is 4.51. The van der Waals surface area contributed by atoms with Crippen molar-refractivity contribution in [3.8, 4) is 0 Å². The van der Waals surface area contributed by atoms with Crippen LogP contribution in [0.25, 0.3) is 0 Å². The van der Waals surface area contributed by atoms with Crippen LogP contribution in [0.1, 0.15) is 29.6 Å². The fraction of sp³-hybridized carbons (Fsp3) is 0.643. The molecular formula is C14H19N2O3S+. The molecule has 4 heterocycles. The summed E-state index contributed by atoms with van der Waals surface area (Å²) in [6, 6.07) is 0. The summed E-state index contributed by atoms with van der Waals surface area (Å²) < 4.78 is 6.20. The van der Waals surface area contributed by atoms with Crippen LogP contribution < -0.4 is 0 Å². The second-order valence-corrected chi connectivity index (χ2v) is 6.77. The first-order chi connectivity index (χ1) is 9.58. The van der Waals surface area contributed by atoms with E-state index in [1.165, 1.54) is 18.3 Å². The van der Waals surface area contributed by atoms with Gasteiger partial charge in [0.1, 0.15) is 13.1 Å². The Hall–Kier alpha value is -1.27. The van der Waals surface area contributed by atoms with Crippen molar-refractivity contribution in [2.75, 3.05) is 26.2 Å². The topological polar surface area (TPSA) is 56.3 Å². The Kier molecular flexibility index (Phi) is 3.60. The lowest BCUT2D eigenvalue weighted by atomic mass is 9.83. The number of esters is 1. The van der Waals surface area contributed by atoms with E-state index < -0.39 is 0 Å². The maximum Gasteiger partial charge on any atom is 0.303 e. The second-order valence-electron chi connectivity index (χ2n) is 5.88. The minimum absolute atomic E-state index is 0.0147. The molecule has 1 aromatic rings. The number of Topliss-reactive ketones (excluding diaryl/α,β-unsaturated/α-hetero) is 1. The maximum atomic E-state index is 12.3. The number of piperidine rings is 3. The van der Waals surface area contributed by atoms with Crippen molar-refractivity contribution in [2.24, 2.45) is 5.92 Å². The van der Waals surface area contributed by atoms with Gasteiger partial charge in [0.25, 0.3) is 0 Å². The van der Waals surface area contributed by atoms with Crippen LogP contribution in [-0.4, -0.2) is 53.5 Å². The number of carbonyl (C=O) groups excluding carboxylic acids is 2. The molecule has 6 heteroatoms. The van der Waals surface area contributed by atoms with Crippen LogP contribution in [-0.2, 0) is 9.53 Å². The molecule has 2 bridgehead atoms. The Labute approximate surface area is 122 Å². The molecule has 0 spiro atoms. The predicted octanol–water partition coefficient (Wildman–Crippen LogP) is 1.50. The van der Waals surface area contributed by atoms with Crippen LogP contribution in [0.15, 0.2) is 11.6 Å². The Balaban J connectivity index is 1.71. The number of fused-ring (bicyclic) bond motifs is 3. The lowest BCUT2D eigenvalue weighted by Crippen LogP contribution is -2.65. The predicted molar refractivity (Wildman–Crippen MR) is 74.5 cm³/mol. The molecule has 0 amide bonds. The first kappa shape index (κ1) is 13.7. The summed E-state index contributed by atoms with van der Waals surface area (Å²) in [6.07, 6.45) is 3.74. The number of quaternary nitrogens is 1. The van der Waals surface area contributed by atoms with Gasteiger partial charge < -0.3 is 9.22 Å². The van der Waals surface area contributed by atoms with Gasteiger partial charge >= 0.3 is 5.97 Å². The number of thiazole rings is 1. The zero-order valence-electron chi connectivity index (χ0n) is 11.6. The van der Waals surface area contributed by atoms with E-state index in [-0.39, 0.29) is 17.9 Å². The third-order valence-corrected chi connectivity index (χ3v) is 5.32. The molecule has 5 nitrogen and oxygen atoms in total. The molecule has 1 atom stereocenters. The molecule has 0 radical (unpaired) electrons. The second kappa shape index (κ2) is 5.26. The van der Waals surface area contributed by atoms with Crippen molar-refractivity contribution >= 4 is 23.1 Å². The molecule has 0 N–H and O–H groups in total. The number of ether oxygens (including phenoxy) is 1. The zero-order chi connectivity index (χ0) is 14.2. The van der Waals surface area contributed by atoms with Crippen LogP contribution >= 0.6 is 11.3 Å². The first-order valence-corrected chi connectivity index (χ1v) is 7.91. The van der Waals surface area contributed by atoms with Crippen molar-refractivity contribution in [1.82, 2.24) is 4.98 Å². The molecule has 0 aromatic carbocycles. The van der Waals surface area contributed by atoms with Gasteiger partial charge in [-0.3, -0.25) is 9.59 Å². The average molecular weight is 295 g/mol. The molecule has 3 aliphatic rings. The summed E-state index contributed by atoms with van der Waals surface area (Å²) >= 11 is 1.40. The van der Waals surface area contributed by atoms with Crippen molar-refractivity contribution in [3.63, 3.8) is 0 Å². The molecule has 4 rings (SSSR count). The lowest BCUT2D eigenvalue weighted by Gasteiger charge is -2.51. The number of nitrogens with zero attached hydrogens (tertiary/aromatic N) is 2. The monoisotopic (exact) mass is 295 g/mol. The minimum Gasteiger partial charge on any atom is -0.456 e. The van der Waals surface area contributed by atoms with Gasteiger partial charge in [-0.05, 0) is 0 Å². The zero-order valence-corrected chi connectivity index (χ0v) is 12.4. The molecule has 3 saturated heterocycles. The fourth-order valence-electron chi connectivity index (χ4n) is 3.52. The van der Waals surface area contributed by atoms with E-state index in [9.17, 15) is 9.59 Å². The Bertz CT molecular complexity index is 506. The van der Waals surface area contributed by atoms with Gasteiger partial charge in [0.2, 0.25) is 5.78 Å². The van der Waals surface area contributed by atoms with Crippen LogP contribution in [0.2, 0.25) is 0 Å². The Morgan fingerprint density at radius 1 is 1.45 bits per heavy atom. The largest absolute Gasteiger partial charge is 0.456 e. The number of rotatable bonds is 4. The number of carbonyl (C=O) groups is 2.